The van der Waals surface area contributed by atoms with Gasteiger partial charge in [0.1, 0.15) is 11.6 Å². The molecule has 0 radical (unpaired) electrons. The normalized spacial score (nSPS) is 15.4. The SMILES string of the molecule is CCn1c(C2CCN(C(=O)Cc3c(C)noc3C)CC2)nn(CCOC)c1=O. The van der Waals surface area contributed by atoms with Crippen LogP contribution < -0.4 is 5.69 Å². The van der Waals surface area contributed by atoms with Gasteiger partial charge in [-0.25, -0.2) is 9.48 Å². The minimum atomic E-state index is -0.0912. The summed E-state index contributed by atoms with van der Waals surface area (Å²) in [6.07, 6.45) is 1.92. The van der Waals surface area contributed by atoms with E-state index >= 15 is 0 Å². The lowest BCUT2D eigenvalue weighted by atomic mass is 9.95. The molecule has 1 fully saturated rings. The van der Waals surface area contributed by atoms with Crippen LogP contribution in [-0.4, -0.2) is 57.1 Å². The quantitative estimate of drug-likeness (QED) is 0.705. The third kappa shape index (κ3) is 4.04. The Kier molecular flexibility index (Phi) is 6.33. The first-order valence-electron chi connectivity index (χ1n) is 9.82. The molecular formula is C19H29N5O4. The van der Waals surface area contributed by atoms with Crippen LogP contribution in [0.3, 0.4) is 0 Å². The van der Waals surface area contributed by atoms with Crippen molar-refractivity contribution in [2.75, 3.05) is 26.8 Å². The molecule has 0 spiro atoms. The monoisotopic (exact) mass is 391 g/mol. The molecule has 3 heterocycles. The zero-order valence-electron chi connectivity index (χ0n) is 17.1. The van der Waals surface area contributed by atoms with Gasteiger partial charge in [0.05, 0.1) is 25.3 Å². The fourth-order valence-electron chi connectivity index (χ4n) is 3.78. The molecule has 0 unspecified atom stereocenters. The summed E-state index contributed by atoms with van der Waals surface area (Å²) >= 11 is 0. The van der Waals surface area contributed by atoms with Crippen LogP contribution in [0.2, 0.25) is 0 Å². The molecular weight excluding hydrogens is 362 g/mol. The molecule has 0 aromatic carbocycles. The van der Waals surface area contributed by atoms with Crippen molar-refractivity contribution in [3.63, 3.8) is 0 Å². The van der Waals surface area contributed by atoms with Crippen LogP contribution in [0.25, 0.3) is 0 Å². The highest BCUT2D eigenvalue weighted by Gasteiger charge is 2.29. The molecule has 0 bridgehead atoms. The minimum absolute atomic E-state index is 0.0892. The van der Waals surface area contributed by atoms with Crippen molar-refractivity contribution < 1.29 is 14.1 Å². The van der Waals surface area contributed by atoms with Gasteiger partial charge in [-0.3, -0.25) is 9.36 Å². The highest BCUT2D eigenvalue weighted by atomic mass is 16.5. The van der Waals surface area contributed by atoms with Crippen molar-refractivity contribution in [2.45, 2.75) is 59.0 Å². The molecule has 2 aromatic rings. The fourth-order valence-corrected chi connectivity index (χ4v) is 3.78. The van der Waals surface area contributed by atoms with E-state index < -0.39 is 0 Å². The summed E-state index contributed by atoms with van der Waals surface area (Å²) in [5.41, 5.74) is 1.56. The summed E-state index contributed by atoms with van der Waals surface area (Å²) in [6, 6.07) is 0. The lowest BCUT2D eigenvalue weighted by Crippen LogP contribution is -2.39. The molecule has 9 nitrogen and oxygen atoms in total. The van der Waals surface area contributed by atoms with E-state index in [4.69, 9.17) is 9.26 Å². The van der Waals surface area contributed by atoms with Gasteiger partial charge in [0, 0.05) is 38.2 Å². The number of ether oxygens (including phenoxy) is 1. The smallest absolute Gasteiger partial charge is 0.345 e. The Balaban J connectivity index is 1.65. The molecule has 0 atom stereocenters. The van der Waals surface area contributed by atoms with Gasteiger partial charge in [-0.2, -0.15) is 5.10 Å². The van der Waals surface area contributed by atoms with E-state index in [0.29, 0.717) is 45.0 Å². The second-order valence-corrected chi connectivity index (χ2v) is 7.24. The third-order valence-corrected chi connectivity index (χ3v) is 5.50. The van der Waals surface area contributed by atoms with Crippen molar-refractivity contribution in [3.05, 3.63) is 33.3 Å². The second kappa shape index (κ2) is 8.72. The van der Waals surface area contributed by atoms with E-state index in [2.05, 4.69) is 10.3 Å². The molecule has 1 aliphatic heterocycles. The maximum Gasteiger partial charge on any atom is 0.345 e. The third-order valence-electron chi connectivity index (χ3n) is 5.50. The van der Waals surface area contributed by atoms with Crippen molar-refractivity contribution >= 4 is 5.91 Å². The first-order valence-corrected chi connectivity index (χ1v) is 9.82. The van der Waals surface area contributed by atoms with E-state index in [-0.39, 0.29) is 17.5 Å². The van der Waals surface area contributed by atoms with Crippen molar-refractivity contribution in [2.24, 2.45) is 0 Å². The highest BCUT2D eigenvalue weighted by Crippen LogP contribution is 2.27. The van der Waals surface area contributed by atoms with Crippen molar-refractivity contribution in [3.8, 4) is 0 Å². The lowest BCUT2D eigenvalue weighted by Gasteiger charge is -2.31. The number of amides is 1. The van der Waals surface area contributed by atoms with Gasteiger partial charge in [0.2, 0.25) is 5.91 Å². The van der Waals surface area contributed by atoms with Gasteiger partial charge in [-0.05, 0) is 33.6 Å². The number of hydrogen-bond donors (Lipinski definition) is 0. The number of nitrogens with zero attached hydrogens (tertiary/aromatic N) is 5. The summed E-state index contributed by atoms with van der Waals surface area (Å²) < 4.78 is 13.4. The Morgan fingerprint density at radius 3 is 2.57 bits per heavy atom. The molecule has 154 valence electrons. The zero-order valence-corrected chi connectivity index (χ0v) is 17.1. The van der Waals surface area contributed by atoms with Crippen LogP contribution in [0, 0.1) is 13.8 Å². The Morgan fingerprint density at radius 1 is 1.29 bits per heavy atom. The number of rotatable bonds is 7. The molecule has 3 rings (SSSR count). The van der Waals surface area contributed by atoms with E-state index in [1.807, 2.05) is 25.7 Å². The zero-order chi connectivity index (χ0) is 20.3. The number of hydrogen-bond acceptors (Lipinski definition) is 6. The summed E-state index contributed by atoms with van der Waals surface area (Å²) in [4.78, 5) is 27.1. The van der Waals surface area contributed by atoms with Gasteiger partial charge >= 0.3 is 5.69 Å². The van der Waals surface area contributed by atoms with Crippen LogP contribution in [0.1, 0.15) is 48.5 Å². The number of carbonyl (C=O) groups excluding carboxylic acids is 1. The van der Waals surface area contributed by atoms with Crippen LogP contribution >= 0.6 is 0 Å². The Labute approximate surface area is 164 Å². The molecule has 0 N–H and O–H groups in total. The summed E-state index contributed by atoms with van der Waals surface area (Å²) in [7, 11) is 1.61. The largest absolute Gasteiger partial charge is 0.383 e. The molecule has 2 aromatic heterocycles. The minimum Gasteiger partial charge on any atom is -0.383 e. The van der Waals surface area contributed by atoms with E-state index in [0.717, 1.165) is 29.9 Å². The first kappa shape index (κ1) is 20.3. The predicted octanol–water partition coefficient (Wildman–Crippen LogP) is 1.26. The lowest BCUT2D eigenvalue weighted by molar-refractivity contribution is -0.131. The van der Waals surface area contributed by atoms with E-state index in [1.165, 1.54) is 4.68 Å². The summed E-state index contributed by atoms with van der Waals surface area (Å²) in [6.45, 7) is 8.46. The molecule has 0 saturated carbocycles. The van der Waals surface area contributed by atoms with Crippen molar-refractivity contribution in [1.29, 1.82) is 0 Å². The van der Waals surface area contributed by atoms with Crippen LogP contribution in [-0.2, 0) is 29.0 Å². The van der Waals surface area contributed by atoms with Gasteiger partial charge in [-0.15, -0.1) is 0 Å². The molecule has 1 aliphatic rings. The maximum atomic E-state index is 12.7. The molecule has 1 saturated heterocycles. The first-order chi connectivity index (χ1) is 13.5. The molecule has 0 aliphatic carbocycles. The van der Waals surface area contributed by atoms with Crippen LogP contribution in [0.5, 0.6) is 0 Å². The van der Waals surface area contributed by atoms with Gasteiger partial charge < -0.3 is 14.2 Å². The van der Waals surface area contributed by atoms with Crippen LogP contribution in [0.4, 0.5) is 0 Å². The fraction of sp³-hybridized carbons (Fsp3) is 0.684. The average Bonchev–Trinajstić information content (AvgIpc) is 3.19. The number of aryl methyl sites for hydroxylation is 2. The van der Waals surface area contributed by atoms with Gasteiger partial charge in [-0.1, -0.05) is 5.16 Å². The van der Waals surface area contributed by atoms with Gasteiger partial charge in [0.25, 0.3) is 0 Å². The number of piperidine rings is 1. The van der Waals surface area contributed by atoms with Crippen LogP contribution in [0.15, 0.2) is 9.32 Å². The molecule has 28 heavy (non-hydrogen) atoms. The number of aromatic nitrogens is 4. The summed E-state index contributed by atoms with van der Waals surface area (Å²) in [5.74, 6) is 1.79. The summed E-state index contributed by atoms with van der Waals surface area (Å²) in [5, 5.41) is 8.48. The molecule has 1 amide bonds. The highest BCUT2D eigenvalue weighted by molar-refractivity contribution is 5.79. The second-order valence-electron chi connectivity index (χ2n) is 7.24. The average molecular weight is 391 g/mol. The maximum absolute atomic E-state index is 12.7. The number of methoxy groups -OCH3 is 1. The topological polar surface area (TPSA) is 95.4 Å². The molecule has 9 heteroatoms. The standard InChI is InChI=1S/C19H29N5O4/c1-5-23-18(20-24(19(23)26)10-11-27-4)15-6-8-22(9-7-15)17(25)12-16-13(2)21-28-14(16)3/h15H,5-12H2,1-4H3. The Hall–Kier alpha value is -2.42. The number of carbonyl (C=O) groups is 1. The Morgan fingerprint density at radius 2 is 2.00 bits per heavy atom. The van der Waals surface area contributed by atoms with Crippen molar-refractivity contribution in [1.82, 2.24) is 24.4 Å². The van der Waals surface area contributed by atoms with E-state index in [1.54, 1.807) is 11.7 Å². The number of likely N-dealkylation sites (tertiary alicyclic amines) is 1. The predicted molar refractivity (Wildman–Crippen MR) is 102 cm³/mol. The van der Waals surface area contributed by atoms with Gasteiger partial charge in [0.15, 0.2) is 0 Å². The van der Waals surface area contributed by atoms with E-state index in [9.17, 15) is 9.59 Å². The Bertz CT molecular complexity index is 854.